The van der Waals surface area contributed by atoms with Crippen molar-refractivity contribution in [2.75, 3.05) is 5.32 Å². The molecule has 0 bridgehead atoms. The van der Waals surface area contributed by atoms with E-state index < -0.39 is 6.04 Å². The van der Waals surface area contributed by atoms with Gasteiger partial charge < -0.3 is 10.6 Å². The van der Waals surface area contributed by atoms with Gasteiger partial charge in [0.1, 0.15) is 6.04 Å². The van der Waals surface area contributed by atoms with Crippen molar-refractivity contribution < 1.29 is 9.59 Å². The molecule has 0 radical (unpaired) electrons. The van der Waals surface area contributed by atoms with E-state index in [2.05, 4.69) is 26.6 Å². The van der Waals surface area contributed by atoms with Crippen LogP contribution in [0.3, 0.4) is 0 Å². The predicted molar refractivity (Wildman–Crippen MR) is 105 cm³/mol. The van der Waals surface area contributed by atoms with Crippen LogP contribution in [0.4, 0.5) is 5.69 Å². The third-order valence-electron chi connectivity index (χ3n) is 3.54. The van der Waals surface area contributed by atoms with Gasteiger partial charge in [-0.15, -0.1) is 0 Å². The zero-order valence-corrected chi connectivity index (χ0v) is 16.7. The van der Waals surface area contributed by atoms with Crippen LogP contribution in [-0.2, 0) is 4.79 Å². The van der Waals surface area contributed by atoms with Crippen LogP contribution in [0.25, 0.3) is 0 Å². The van der Waals surface area contributed by atoms with Crippen molar-refractivity contribution in [1.82, 2.24) is 5.32 Å². The molecule has 1 unspecified atom stereocenters. The molecule has 7 heteroatoms. The Hall–Kier alpha value is -1.56. The first-order valence-corrected chi connectivity index (χ1v) is 9.15. The highest BCUT2D eigenvalue weighted by Gasteiger charge is 2.25. The van der Waals surface area contributed by atoms with Gasteiger partial charge in [-0.2, -0.15) is 0 Å². The first-order valence-electron chi connectivity index (χ1n) is 7.61. The second-order valence-corrected chi connectivity index (χ2v) is 7.46. The fraction of sp³-hybridized carbons (Fsp3) is 0.222. The fourth-order valence-electron chi connectivity index (χ4n) is 2.19. The Balaban J connectivity index is 2.14. The molecule has 132 valence electrons. The van der Waals surface area contributed by atoms with Gasteiger partial charge in [-0.05, 0) is 52.2 Å². The molecule has 0 fully saturated rings. The molecule has 0 saturated heterocycles. The minimum Gasteiger partial charge on any atom is -0.340 e. The molecule has 1 atom stereocenters. The van der Waals surface area contributed by atoms with Crippen LogP contribution in [0.5, 0.6) is 0 Å². The van der Waals surface area contributed by atoms with Gasteiger partial charge in [0.15, 0.2) is 0 Å². The monoisotopic (exact) mass is 442 g/mol. The van der Waals surface area contributed by atoms with E-state index in [4.69, 9.17) is 23.2 Å². The van der Waals surface area contributed by atoms with Crippen LogP contribution < -0.4 is 10.6 Å². The second kappa shape index (κ2) is 8.70. The average Bonchev–Trinajstić information content (AvgIpc) is 2.55. The van der Waals surface area contributed by atoms with Crippen LogP contribution in [0, 0.1) is 5.92 Å². The molecule has 4 nitrogen and oxygen atoms in total. The van der Waals surface area contributed by atoms with Crippen molar-refractivity contribution in [1.29, 1.82) is 0 Å². The summed E-state index contributed by atoms with van der Waals surface area (Å²) in [5.41, 5.74) is 0.982. The van der Waals surface area contributed by atoms with E-state index in [1.54, 1.807) is 36.4 Å². The number of benzene rings is 2. The zero-order valence-electron chi connectivity index (χ0n) is 13.6. The van der Waals surface area contributed by atoms with Crippen molar-refractivity contribution in [3.8, 4) is 0 Å². The lowest BCUT2D eigenvalue weighted by molar-refractivity contribution is -0.118. The van der Waals surface area contributed by atoms with Gasteiger partial charge in [-0.1, -0.05) is 49.2 Å². The summed E-state index contributed by atoms with van der Waals surface area (Å²) in [4.78, 5) is 25.1. The maximum Gasteiger partial charge on any atom is 0.253 e. The Bertz CT molecular complexity index is 796. The maximum absolute atomic E-state index is 12.6. The quantitative estimate of drug-likeness (QED) is 0.671. The van der Waals surface area contributed by atoms with Gasteiger partial charge in [-0.25, -0.2) is 0 Å². The third-order valence-corrected chi connectivity index (χ3v) is 4.97. The third kappa shape index (κ3) is 5.21. The van der Waals surface area contributed by atoms with Gasteiger partial charge >= 0.3 is 0 Å². The fourth-order valence-corrected chi connectivity index (χ4v) is 2.96. The lowest BCUT2D eigenvalue weighted by Gasteiger charge is -2.22. The van der Waals surface area contributed by atoms with Crippen molar-refractivity contribution >= 4 is 56.6 Å². The van der Waals surface area contributed by atoms with Crippen molar-refractivity contribution in [3.05, 3.63) is 62.5 Å². The summed E-state index contributed by atoms with van der Waals surface area (Å²) < 4.78 is 0.667. The summed E-state index contributed by atoms with van der Waals surface area (Å²) >= 11 is 15.2. The van der Waals surface area contributed by atoms with Gasteiger partial charge in [0, 0.05) is 10.2 Å². The first kappa shape index (κ1) is 19.8. The summed E-state index contributed by atoms with van der Waals surface area (Å²) in [6.45, 7) is 3.72. The van der Waals surface area contributed by atoms with E-state index in [1.165, 1.54) is 0 Å². The molecule has 0 aliphatic carbocycles. The number of hydrogen-bond donors (Lipinski definition) is 2. The SMILES string of the molecule is CC(C)C(NC(=O)c1ccccc1Br)C(=O)Nc1ccc(Cl)c(Cl)c1. The summed E-state index contributed by atoms with van der Waals surface area (Å²) in [5, 5.41) is 6.28. The number of amides is 2. The van der Waals surface area contributed by atoms with E-state index in [1.807, 2.05) is 19.9 Å². The average molecular weight is 444 g/mol. The van der Waals surface area contributed by atoms with E-state index in [-0.39, 0.29) is 17.7 Å². The highest BCUT2D eigenvalue weighted by atomic mass is 79.9. The molecule has 2 aromatic rings. The number of halogens is 3. The summed E-state index contributed by atoms with van der Waals surface area (Å²) in [5.74, 6) is -0.751. The van der Waals surface area contributed by atoms with Gasteiger partial charge in [0.2, 0.25) is 5.91 Å². The number of rotatable bonds is 5. The largest absolute Gasteiger partial charge is 0.340 e. The van der Waals surface area contributed by atoms with Crippen LogP contribution in [0.2, 0.25) is 10.0 Å². The normalized spacial score (nSPS) is 11.9. The predicted octanol–water partition coefficient (Wildman–Crippen LogP) is 5.15. The molecule has 0 spiro atoms. The lowest BCUT2D eigenvalue weighted by Crippen LogP contribution is -2.47. The molecular formula is C18H17BrCl2N2O2. The highest BCUT2D eigenvalue weighted by molar-refractivity contribution is 9.10. The number of carbonyl (C=O) groups excluding carboxylic acids is 2. The van der Waals surface area contributed by atoms with E-state index in [0.29, 0.717) is 25.8 Å². The Morgan fingerprint density at radius 1 is 1.04 bits per heavy atom. The molecule has 2 amide bonds. The van der Waals surface area contributed by atoms with Gasteiger partial charge in [0.05, 0.1) is 15.6 Å². The van der Waals surface area contributed by atoms with Crippen molar-refractivity contribution in [2.45, 2.75) is 19.9 Å². The number of anilines is 1. The Morgan fingerprint density at radius 3 is 2.32 bits per heavy atom. The lowest BCUT2D eigenvalue weighted by atomic mass is 10.0. The topological polar surface area (TPSA) is 58.2 Å². The molecule has 0 aromatic heterocycles. The Labute approximate surface area is 165 Å². The first-order chi connectivity index (χ1) is 11.8. The summed E-state index contributed by atoms with van der Waals surface area (Å²) in [7, 11) is 0. The minimum absolute atomic E-state index is 0.103. The number of hydrogen-bond acceptors (Lipinski definition) is 2. The van der Waals surface area contributed by atoms with Crippen LogP contribution in [0.15, 0.2) is 46.9 Å². The Morgan fingerprint density at radius 2 is 1.72 bits per heavy atom. The number of nitrogens with one attached hydrogen (secondary N) is 2. The second-order valence-electron chi connectivity index (χ2n) is 5.79. The zero-order chi connectivity index (χ0) is 18.6. The number of carbonyl (C=O) groups is 2. The van der Waals surface area contributed by atoms with E-state index >= 15 is 0 Å². The molecule has 0 aliphatic heterocycles. The molecule has 2 N–H and O–H groups in total. The molecular weight excluding hydrogens is 427 g/mol. The van der Waals surface area contributed by atoms with Crippen LogP contribution >= 0.6 is 39.1 Å². The summed E-state index contributed by atoms with van der Waals surface area (Å²) in [6, 6.07) is 11.2. The standard InChI is InChI=1S/C18H17BrCl2N2O2/c1-10(2)16(23-17(24)12-5-3-4-6-13(12)19)18(25)22-11-7-8-14(20)15(21)9-11/h3-10,16H,1-2H3,(H,22,25)(H,23,24). The van der Waals surface area contributed by atoms with Gasteiger partial charge in [-0.3, -0.25) is 9.59 Å². The molecule has 0 aliphatic rings. The van der Waals surface area contributed by atoms with E-state index in [0.717, 1.165) is 0 Å². The molecule has 0 saturated carbocycles. The van der Waals surface area contributed by atoms with E-state index in [9.17, 15) is 9.59 Å². The summed E-state index contributed by atoms with van der Waals surface area (Å²) in [6.07, 6.45) is 0. The van der Waals surface area contributed by atoms with Gasteiger partial charge in [0.25, 0.3) is 5.91 Å². The minimum atomic E-state index is -0.700. The molecule has 0 heterocycles. The van der Waals surface area contributed by atoms with Crippen LogP contribution in [-0.4, -0.2) is 17.9 Å². The Kier molecular flexibility index (Phi) is 6.87. The smallest absolute Gasteiger partial charge is 0.253 e. The van der Waals surface area contributed by atoms with Crippen molar-refractivity contribution in [2.24, 2.45) is 5.92 Å². The maximum atomic E-state index is 12.6. The molecule has 2 aromatic carbocycles. The van der Waals surface area contributed by atoms with Crippen LogP contribution in [0.1, 0.15) is 24.2 Å². The highest BCUT2D eigenvalue weighted by Crippen LogP contribution is 2.25. The molecule has 25 heavy (non-hydrogen) atoms. The molecule has 2 rings (SSSR count). The van der Waals surface area contributed by atoms with Crippen molar-refractivity contribution in [3.63, 3.8) is 0 Å².